The molecule has 1 heterocycles. The van der Waals surface area contributed by atoms with Crippen molar-refractivity contribution in [3.8, 4) is 0 Å². The van der Waals surface area contributed by atoms with Crippen LogP contribution in [0.5, 0.6) is 0 Å². The van der Waals surface area contributed by atoms with E-state index in [1.165, 1.54) is 0 Å². The summed E-state index contributed by atoms with van der Waals surface area (Å²) in [6.45, 7) is 1.27. The molecule has 1 aromatic rings. The first-order valence-electron chi connectivity index (χ1n) is 6.82. The molecule has 2 rings (SSSR count). The number of hydrogen-bond donors (Lipinski definition) is 2. The predicted molar refractivity (Wildman–Crippen MR) is 70.6 cm³/mol. The van der Waals surface area contributed by atoms with E-state index >= 15 is 0 Å². The van der Waals surface area contributed by atoms with Gasteiger partial charge in [0.2, 0.25) is 0 Å². The molecule has 2 N–H and O–H groups in total. The molecule has 2 unspecified atom stereocenters. The summed E-state index contributed by atoms with van der Waals surface area (Å²) in [4.78, 5) is 0. The molecule has 0 radical (unpaired) electrons. The number of nitrogens with one attached hydrogen (secondary N) is 1. The van der Waals surface area contributed by atoms with Gasteiger partial charge in [-0.3, -0.25) is 0 Å². The molecule has 0 aliphatic carbocycles. The Hall–Kier alpha value is -1.31. The van der Waals surface area contributed by atoms with Crippen molar-refractivity contribution in [2.75, 3.05) is 31.7 Å². The number of benzene rings is 1. The summed E-state index contributed by atoms with van der Waals surface area (Å²) in [5, 5.41) is 12.3. The number of aliphatic hydroxyl groups excluding tert-OH is 1. The molecule has 7 heteroatoms. The lowest BCUT2D eigenvalue weighted by Gasteiger charge is -2.15. The largest absolute Gasteiger partial charge is 0.389 e. The molecule has 4 nitrogen and oxygen atoms in total. The van der Waals surface area contributed by atoms with Gasteiger partial charge in [0, 0.05) is 31.0 Å². The zero-order chi connectivity index (χ0) is 15.2. The molecule has 0 aromatic heterocycles. The molecule has 1 aliphatic rings. The highest BCUT2D eigenvalue weighted by molar-refractivity contribution is 5.44. The van der Waals surface area contributed by atoms with E-state index in [2.05, 4.69) is 5.32 Å². The van der Waals surface area contributed by atoms with Gasteiger partial charge in [-0.15, -0.1) is 0 Å². The maximum atomic E-state index is 13.0. The van der Waals surface area contributed by atoms with Gasteiger partial charge < -0.3 is 19.9 Å². The first-order valence-corrected chi connectivity index (χ1v) is 6.82. The van der Waals surface area contributed by atoms with Gasteiger partial charge in [-0.2, -0.15) is 0 Å². The number of aliphatic hydroxyl groups is 1. The lowest BCUT2D eigenvalue weighted by atomic mass is 10.2. The van der Waals surface area contributed by atoms with Gasteiger partial charge in [-0.25, -0.2) is 13.2 Å². The molecule has 1 aromatic carbocycles. The third kappa shape index (κ3) is 4.87. The molecule has 0 amide bonds. The minimum absolute atomic E-state index is 0.0377. The van der Waals surface area contributed by atoms with E-state index in [4.69, 9.17) is 9.47 Å². The molecular weight excluding hydrogens is 287 g/mol. The average Bonchev–Trinajstić information content (AvgIpc) is 2.95. The summed E-state index contributed by atoms with van der Waals surface area (Å²) in [5.74, 6) is -4.07. The van der Waals surface area contributed by atoms with Gasteiger partial charge in [0.05, 0.1) is 25.4 Å². The van der Waals surface area contributed by atoms with Gasteiger partial charge in [0.15, 0.2) is 17.5 Å². The lowest BCUT2D eigenvalue weighted by Crippen LogP contribution is -2.27. The van der Waals surface area contributed by atoms with E-state index in [1.807, 2.05) is 0 Å². The van der Waals surface area contributed by atoms with E-state index < -0.39 is 23.6 Å². The fourth-order valence-electron chi connectivity index (χ4n) is 2.06. The quantitative estimate of drug-likeness (QED) is 0.757. The van der Waals surface area contributed by atoms with Gasteiger partial charge >= 0.3 is 0 Å². The van der Waals surface area contributed by atoms with Gasteiger partial charge in [-0.05, 0) is 12.8 Å². The van der Waals surface area contributed by atoms with E-state index in [0.29, 0.717) is 6.61 Å². The molecule has 1 saturated heterocycles. The smallest absolute Gasteiger partial charge is 0.194 e. The predicted octanol–water partition coefficient (Wildman–Crippen LogP) is 2.07. The monoisotopic (exact) mass is 305 g/mol. The molecule has 2 atom stereocenters. The second kappa shape index (κ2) is 7.63. The third-order valence-corrected chi connectivity index (χ3v) is 3.16. The van der Waals surface area contributed by atoms with Crippen LogP contribution in [-0.2, 0) is 9.47 Å². The van der Waals surface area contributed by atoms with Crippen LogP contribution in [0.15, 0.2) is 12.1 Å². The number of ether oxygens (including phenoxy) is 2. The van der Waals surface area contributed by atoms with Crippen LogP contribution >= 0.6 is 0 Å². The fraction of sp³-hybridized carbons (Fsp3) is 0.571. The van der Waals surface area contributed by atoms with Crippen LogP contribution in [0.2, 0.25) is 0 Å². The second-order valence-electron chi connectivity index (χ2n) is 4.96. The minimum Gasteiger partial charge on any atom is -0.389 e. The topological polar surface area (TPSA) is 50.7 Å². The number of anilines is 1. The number of rotatable bonds is 7. The first kappa shape index (κ1) is 16.1. The van der Waals surface area contributed by atoms with Crippen LogP contribution in [0, 0.1) is 17.5 Å². The maximum absolute atomic E-state index is 13.0. The van der Waals surface area contributed by atoms with E-state index in [9.17, 15) is 18.3 Å². The Morgan fingerprint density at radius 3 is 2.67 bits per heavy atom. The standard InChI is InChI=1S/C14H18F3NO3/c15-12-4-9(5-13(16)14(12)17)18-6-10(19)7-20-8-11-2-1-3-21-11/h4-5,10-11,18-19H,1-3,6-8H2. The first-order chi connectivity index (χ1) is 10.1. The summed E-state index contributed by atoms with van der Waals surface area (Å²) in [7, 11) is 0. The SMILES string of the molecule is OC(CNc1cc(F)c(F)c(F)c1)COCC1CCCO1. The average molecular weight is 305 g/mol. The molecule has 118 valence electrons. The summed E-state index contributed by atoms with van der Waals surface area (Å²) in [6, 6.07) is 1.66. The van der Waals surface area contributed by atoms with Crippen LogP contribution in [0.25, 0.3) is 0 Å². The number of hydrogen-bond acceptors (Lipinski definition) is 4. The van der Waals surface area contributed by atoms with Gasteiger partial charge in [0.1, 0.15) is 0 Å². The lowest BCUT2D eigenvalue weighted by molar-refractivity contribution is -0.0137. The summed E-state index contributed by atoms with van der Waals surface area (Å²) in [5.41, 5.74) is 0.0598. The van der Waals surface area contributed by atoms with Crippen LogP contribution in [0.4, 0.5) is 18.9 Å². The Morgan fingerprint density at radius 1 is 1.33 bits per heavy atom. The Bertz CT molecular complexity index is 444. The Balaban J connectivity index is 1.69. The van der Waals surface area contributed by atoms with Crippen LogP contribution < -0.4 is 5.32 Å². The molecule has 0 spiro atoms. The fourth-order valence-corrected chi connectivity index (χ4v) is 2.06. The highest BCUT2D eigenvalue weighted by Gasteiger charge is 2.16. The molecule has 21 heavy (non-hydrogen) atoms. The molecule has 1 fully saturated rings. The zero-order valence-corrected chi connectivity index (χ0v) is 11.4. The Morgan fingerprint density at radius 2 is 2.05 bits per heavy atom. The zero-order valence-electron chi connectivity index (χ0n) is 11.4. The van der Waals surface area contributed by atoms with Crippen LogP contribution in [0.3, 0.4) is 0 Å². The van der Waals surface area contributed by atoms with Crippen molar-refractivity contribution in [1.29, 1.82) is 0 Å². The van der Waals surface area contributed by atoms with E-state index in [-0.39, 0.29) is 24.9 Å². The van der Waals surface area contributed by atoms with Crippen molar-refractivity contribution in [3.05, 3.63) is 29.6 Å². The van der Waals surface area contributed by atoms with Crippen LogP contribution in [0.1, 0.15) is 12.8 Å². The maximum Gasteiger partial charge on any atom is 0.194 e. The molecule has 1 aliphatic heterocycles. The Labute approximate surface area is 120 Å². The Kier molecular flexibility index (Phi) is 5.84. The minimum atomic E-state index is -1.51. The van der Waals surface area contributed by atoms with Crippen molar-refractivity contribution in [2.24, 2.45) is 0 Å². The van der Waals surface area contributed by atoms with Crippen molar-refractivity contribution in [3.63, 3.8) is 0 Å². The van der Waals surface area contributed by atoms with E-state index in [1.54, 1.807) is 0 Å². The second-order valence-corrected chi connectivity index (χ2v) is 4.96. The summed E-state index contributed by atoms with van der Waals surface area (Å²) < 4.78 is 49.4. The van der Waals surface area contributed by atoms with Crippen molar-refractivity contribution < 1.29 is 27.8 Å². The number of halogens is 3. The normalized spacial score (nSPS) is 19.7. The highest BCUT2D eigenvalue weighted by atomic mass is 19.2. The summed E-state index contributed by atoms with van der Waals surface area (Å²) in [6.07, 6.45) is 1.19. The van der Waals surface area contributed by atoms with Crippen molar-refractivity contribution in [2.45, 2.75) is 25.0 Å². The van der Waals surface area contributed by atoms with Gasteiger partial charge in [-0.1, -0.05) is 0 Å². The van der Waals surface area contributed by atoms with Gasteiger partial charge in [0.25, 0.3) is 0 Å². The molecule has 0 bridgehead atoms. The summed E-state index contributed by atoms with van der Waals surface area (Å²) >= 11 is 0. The van der Waals surface area contributed by atoms with Crippen molar-refractivity contribution in [1.82, 2.24) is 0 Å². The van der Waals surface area contributed by atoms with E-state index in [0.717, 1.165) is 31.6 Å². The van der Waals surface area contributed by atoms with Crippen molar-refractivity contribution >= 4 is 5.69 Å². The van der Waals surface area contributed by atoms with Crippen LogP contribution in [-0.4, -0.2) is 43.7 Å². The highest BCUT2D eigenvalue weighted by Crippen LogP contribution is 2.17. The third-order valence-electron chi connectivity index (χ3n) is 3.16. The molecule has 0 saturated carbocycles. The molecular formula is C14H18F3NO3.